The number of nitrogens with one attached hydrogen (secondary N) is 1. The average molecular weight is 253 g/mol. The Morgan fingerprint density at radius 3 is 2.71 bits per heavy atom. The van der Waals surface area contributed by atoms with Gasteiger partial charge >= 0.3 is 0 Å². The van der Waals surface area contributed by atoms with Crippen molar-refractivity contribution in [1.82, 2.24) is 9.66 Å². The highest BCUT2D eigenvalue weighted by Gasteiger charge is 2.00. The van der Waals surface area contributed by atoms with Crippen molar-refractivity contribution in [3.63, 3.8) is 0 Å². The molecule has 5 heteroatoms. The van der Waals surface area contributed by atoms with Crippen LogP contribution in [-0.4, -0.2) is 9.66 Å². The largest absolute Gasteiger partial charge is 0.397 e. The molecule has 2 rings (SSSR count). The van der Waals surface area contributed by atoms with E-state index in [0.29, 0.717) is 5.69 Å². The number of rotatable bonds is 2. The average Bonchev–Trinajstić information content (AvgIpc) is 2.62. The SMILES string of the molecule is Nc1cnc(Nn2cccc2)c(Br)c1. The van der Waals surface area contributed by atoms with Gasteiger partial charge in [-0.05, 0) is 34.1 Å². The molecule has 0 atom stereocenters. The lowest BCUT2D eigenvalue weighted by Gasteiger charge is -2.08. The zero-order chi connectivity index (χ0) is 9.97. The van der Waals surface area contributed by atoms with E-state index in [0.717, 1.165) is 10.3 Å². The normalized spacial score (nSPS) is 10.1. The lowest BCUT2D eigenvalue weighted by molar-refractivity contribution is 0.950. The minimum atomic E-state index is 0.634. The van der Waals surface area contributed by atoms with E-state index >= 15 is 0 Å². The maximum absolute atomic E-state index is 5.57. The Morgan fingerprint density at radius 1 is 1.36 bits per heavy atom. The predicted octanol–water partition coefficient (Wildman–Crippen LogP) is 2.10. The summed E-state index contributed by atoms with van der Waals surface area (Å²) in [5, 5.41) is 0. The summed E-state index contributed by atoms with van der Waals surface area (Å²) in [6.07, 6.45) is 5.39. The number of halogens is 1. The molecule has 2 aromatic rings. The van der Waals surface area contributed by atoms with E-state index in [2.05, 4.69) is 26.3 Å². The molecule has 0 saturated heterocycles. The van der Waals surface area contributed by atoms with Crippen LogP contribution in [0, 0.1) is 0 Å². The number of nitrogen functional groups attached to an aromatic ring is 1. The summed E-state index contributed by atoms with van der Waals surface area (Å²) < 4.78 is 2.65. The number of anilines is 2. The number of hydrogen-bond acceptors (Lipinski definition) is 3. The fraction of sp³-hybridized carbons (Fsp3) is 0. The van der Waals surface area contributed by atoms with Crippen molar-refractivity contribution < 1.29 is 0 Å². The van der Waals surface area contributed by atoms with E-state index in [-0.39, 0.29) is 0 Å². The second-order valence-electron chi connectivity index (χ2n) is 2.80. The van der Waals surface area contributed by atoms with E-state index in [4.69, 9.17) is 5.73 Å². The van der Waals surface area contributed by atoms with Crippen LogP contribution >= 0.6 is 15.9 Å². The lowest BCUT2D eigenvalue weighted by Crippen LogP contribution is -2.08. The first-order chi connectivity index (χ1) is 6.75. The van der Waals surface area contributed by atoms with Crippen LogP contribution in [0.15, 0.2) is 41.3 Å². The molecule has 0 aliphatic heterocycles. The van der Waals surface area contributed by atoms with E-state index < -0.39 is 0 Å². The maximum Gasteiger partial charge on any atom is 0.159 e. The van der Waals surface area contributed by atoms with Gasteiger partial charge in [-0.15, -0.1) is 0 Å². The van der Waals surface area contributed by atoms with Gasteiger partial charge in [-0.2, -0.15) is 0 Å². The first kappa shape index (κ1) is 9.08. The van der Waals surface area contributed by atoms with Gasteiger partial charge in [0.2, 0.25) is 0 Å². The molecule has 0 radical (unpaired) electrons. The molecule has 0 aromatic carbocycles. The summed E-state index contributed by atoms with van der Waals surface area (Å²) in [5.41, 5.74) is 9.29. The van der Waals surface area contributed by atoms with Crippen LogP contribution in [-0.2, 0) is 0 Å². The van der Waals surface area contributed by atoms with E-state index in [1.165, 1.54) is 0 Å². The Kier molecular flexibility index (Phi) is 2.41. The zero-order valence-electron chi connectivity index (χ0n) is 7.31. The first-order valence-electron chi connectivity index (χ1n) is 4.07. The third-order valence-corrected chi connectivity index (χ3v) is 2.31. The first-order valence-corrected chi connectivity index (χ1v) is 4.86. The Bertz CT molecular complexity index is 424. The summed E-state index contributed by atoms with van der Waals surface area (Å²) in [5.74, 6) is 0.732. The molecule has 72 valence electrons. The van der Waals surface area contributed by atoms with Crippen LogP contribution in [0.3, 0.4) is 0 Å². The van der Waals surface area contributed by atoms with E-state index in [9.17, 15) is 0 Å². The highest BCUT2D eigenvalue weighted by Crippen LogP contribution is 2.21. The number of aromatic nitrogens is 2. The standard InChI is InChI=1S/C9H9BrN4/c10-8-5-7(11)6-12-9(8)13-14-3-1-2-4-14/h1-6H,11H2,(H,12,13). The third kappa shape index (κ3) is 1.88. The lowest BCUT2D eigenvalue weighted by atomic mass is 10.4. The molecule has 0 spiro atoms. The number of hydrogen-bond donors (Lipinski definition) is 2. The summed E-state index contributed by atoms with van der Waals surface area (Å²) in [7, 11) is 0. The molecule has 0 aliphatic rings. The zero-order valence-corrected chi connectivity index (χ0v) is 8.90. The van der Waals surface area contributed by atoms with Crippen molar-refractivity contribution >= 4 is 27.4 Å². The molecule has 0 unspecified atom stereocenters. The van der Waals surface area contributed by atoms with Gasteiger partial charge in [-0.1, -0.05) is 0 Å². The summed E-state index contributed by atoms with van der Waals surface area (Å²) in [6, 6.07) is 5.66. The fourth-order valence-electron chi connectivity index (χ4n) is 1.07. The molecule has 0 saturated carbocycles. The van der Waals surface area contributed by atoms with Crippen molar-refractivity contribution in [3.8, 4) is 0 Å². The van der Waals surface area contributed by atoms with Gasteiger partial charge in [-0.25, -0.2) is 4.98 Å². The highest BCUT2D eigenvalue weighted by atomic mass is 79.9. The molecule has 2 heterocycles. The highest BCUT2D eigenvalue weighted by molar-refractivity contribution is 9.10. The van der Waals surface area contributed by atoms with Gasteiger partial charge in [0.1, 0.15) is 0 Å². The van der Waals surface area contributed by atoms with Gasteiger partial charge in [0.05, 0.1) is 16.4 Å². The predicted molar refractivity (Wildman–Crippen MR) is 59.8 cm³/mol. The minimum Gasteiger partial charge on any atom is -0.397 e. The third-order valence-electron chi connectivity index (χ3n) is 1.70. The summed E-state index contributed by atoms with van der Waals surface area (Å²) in [6.45, 7) is 0. The topological polar surface area (TPSA) is 55.9 Å². The van der Waals surface area contributed by atoms with Crippen LogP contribution in [0.5, 0.6) is 0 Å². The molecular formula is C9H9BrN4. The Hall–Kier alpha value is -1.49. The molecular weight excluding hydrogens is 244 g/mol. The molecule has 0 fully saturated rings. The number of nitrogens with two attached hydrogens (primary N) is 1. The van der Waals surface area contributed by atoms with Gasteiger partial charge in [0.15, 0.2) is 5.82 Å². The molecule has 0 aliphatic carbocycles. The summed E-state index contributed by atoms with van der Waals surface area (Å²) in [4.78, 5) is 4.15. The number of nitrogens with zero attached hydrogens (tertiary/aromatic N) is 2. The Labute approximate surface area is 89.9 Å². The van der Waals surface area contributed by atoms with Gasteiger partial charge in [0, 0.05) is 12.4 Å². The molecule has 4 nitrogen and oxygen atoms in total. The Balaban J connectivity index is 2.25. The summed E-state index contributed by atoms with van der Waals surface area (Å²) >= 11 is 3.37. The van der Waals surface area contributed by atoms with Crippen molar-refractivity contribution in [3.05, 3.63) is 41.3 Å². The fourth-order valence-corrected chi connectivity index (χ4v) is 1.52. The second-order valence-corrected chi connectivity index (χ2v) is 3.66. The molecule has 3 N–H and O–H groups in total. The van der Waals surface area contributed by atoms with Crippen LogP contribution in [0.4, 0.5) is 11.5 Å². The molecule has 0 bridgehead atoms. The molecule has 14 heavy (non-hydrogen) atoms. The van der Waals surface area contributed by atoms with E-state index in [1.807, 2.05) is 29.2 Å². The monoisotopic (exact) mass is 252 g/mol. The smallest absolute Gasteiger partial charge is 0.159 e. The second kappa shape index (κ2) is 3.71. The van der Waals surface area contributed by atoms with Gasteiger partial charge in [0.25, 0.3) is 0 Å². The van der Waals surface area contributed by atoms with E-state index in [1.54, 1.807) is 12.3 Å². The quantitative estimate of drug-likeness (QED) is 0.861. The van der Waals surface area contributed by atoms with Crippen molar-refractivity contribution in [2.45, 2.75) is 0 Å². The van der Waals surface area contributed by atoms with Crippen LogP contribution in [0.2, 0.25) is 0 Å². The number of pyridine rings is 1. The van der Waals surface area contributed by atoms with Crippen molar-refractivity contribution in [2.75, 3.05) is 11.2 Å². The van der Waals surface area contributed by atoms with Crippen LogP contribution in [0.25, 0.3) is 0 Å². The van der Waals surface area contributed by atoms with Crippen molar-refractivity contribution in [1.29, 1.82) is 0 Å². The van der Waals surface area contributed by atoms with Crippen LogP contribution in [0.1, 0.15) is 0 Å². The minimum absolute atomic E-state index is 0.634. The van der Waals surface area contributed by atoms with Gasteiger partial charge in [-0.3, -0.25) is 10.1 Å². The molecule has 2 aromatic heterocycles. The van der Waals surface area contributed by atoms with Gasteiger partial charge < -0.3 is 5.73 Å². The maximum atomic E-state index is 5.57. The Morgan fingerprint density at radius 2 is 2.07 bits per heavy atom. The molecule has 0 amide bonds. The van der Waals surface area contributed by atoms with Crippen molar-refractivity contribution in [2.24, 2.45) is 0 Å². The van der Waals surface area contributed by atoms with Crippen LogP contribution < -0.4 is 11.2 Å².